The molecule has 0 radical (unpaired) electrons. The number of carbonyl (C=O) groups is 3. The molecule has 0 spiro atoms. The van der Waals surface area contributed by atoms with Crippen LogP contribution >= 0.6 is 0 Å². The summed E-state index contributed by atoms with van der Waals surface area (Å²) in [7, 11) is 0. The second-order valence-electron chi connectivity index (χ2n) is 18.4. The standard InChI is InChI=1S/C65H104O6/c1-4-7-10-13-16-19-22-25-27-29-31-32-34-35-37-40-43-46-49-52-55-58-64(67)70-61-62(60-69-63(66)57-54-51-48-45-42-39-24-21-18-15-12-9-6-3)71-65(68)59-56-53-50-47-44-41-38-36-33-30-28-26-23-20-17-14-11-8-5-2/h8-9,11-12,17-18,20-22,25-26,28-29,31,33,36,39,41-42,44,48,51,62H,4-7,10,13-16,19,23-24,27,30,32,34-35,37-38,40,43,45-47,49-50,52-61H2,1-3H3/b11-8-,12-9-,20-17-,21-18-,25-22-,28-26-,31-29-,36-33-,42-39-,44-41-,51-48-. The summed E-state index contributed by atoms with van der Waals surface area (Å²) >= 11 is 0. The van der Waals surface area contributed by atoms with Gasteiger partial charge in [0.15, 0.2) is 6.10 Å². The summed E-state index contributed by atoms with van der Waals surface area (Å²) in [5, 5.41) is 0. The molecule has 400 valence electrons. The lowest BCUT2D eigenvalue weighted by atomic mass is 10.1. The Morgan fingerprint density at radius 3 is 0.958 bits per heavy atom. The smallest absolute Gasteiger partial charge is 0.306 e. The van der Waals surface area contributed by atoms with Crippen molar-refractivity contribution < 1.29 is 28.6 Å². The highest BCUT2D eigenvalue weighted by molar-refractivity contribution is 5.71. The molecule has 0 N–H and O–H groups in total. The molecule has 0 fully saturated rings. The van der Waals surface area contributed by atoms with Crippen LogP contribution in [0.25, 0.3) is 0 Å². The Morgan fingerprint density at radius 2 is 0.577 bits per heavy atom. The summed E-state index contributed by atoms with van der Waals surface area (Å²) in [6.07, 6.45) is 81.7. The third-order valence-corrected chi connectivity index (χ3v) is 11.6. The zero-order valence-corrected chi connectivity index (χ0v) is 45.7. The summed E-state index contributed by atoms with van der Waals surface area (Å²) in [6, 6.07) is 0. The molecule has 71 heavy (non-hydrogen) atoms. The second-order valence-corrected chi connectivity index (χ2v) is 18.4. The topological polar surface area (TPSA) is 78.9 Å². The summed E-state index contributed by atoms with van der Waals surface area (Å²) in [6.45, 7) is 6.30. The molecule has 1 atom stereocenters. The Morgan fingerprint density at radius 1 is 0.296 bits per heavy atom. The van der Waals surface area contributed by atoms with E-state index in [1.54, 1.807) is 0 Å². The molecule has 6 heteroatoms. The third kappa shape index (κ3) is 56.3. The SMILES string of the molecule is CC/C=C\C/C=C\C/C=C\C/C=C\C/C=C\CCCCCC(=O)OC(COC(=O)CC/C=C\C/C=C\C/C=C\C/C=C\CC)COC(=O)CCCCCCCCCCC/C=C\C/C=C\CCCCCCC. The van der Waals surface area contributed by atoms with Gasteiger partial charge in [-0.05, 0) is 122 Å². The fraction of sp³-hybridized carbons (Fsp3) is 0.615. The van der Waals surface area contributed by atoms with Crippen molar-refractivity contribution >= 4 is 17.9 Å². The molecule has 0 amide bonds. The van der Waals surface area contributed by atoms with Crippen LogP contribution in [0.4, 0.5) is 0 Å². The van der Waals surface area contributed by atoms with E-state index >= 15 is 0 Å². The van der Waals surface area contributed by atoms with Crippen LogP contribution in [0, 0.1) is 0 Å². The van der Waals surface area contributed by atoms with Crippen LogP contribution in [0.1, 0.15) is 239 Å². The van der Waals surface area contributed by atoms with E-state index in [4.69, 9.17) is 14.2 Å². The monoisotopic (exact) mass is 981 g/mol. The number of unbranched alkanes of at least 4 members (excludes halogenated alkanes) is 17. The van der Waals surface area contributed by atoms with E-state index in [9.17, 15) is 14.4 Å². The van der Waals surface area contributed by atoms with Crippen molar-refractivity contribution in [2.45, 2.75) is 245 Å². The number of carbonyl (C=O) groups excluding carboxylic acids is 3. The molecule has 0 bridgehead atoms. The highest BCUT2D eigenvalue weighted by Gasteiger charge is 2.19. The first-order valence-electron chi connectivity index (χ1n) is 28.7. The number of esters is 3. The van der Waals surface area contributed by atoms with Crippen molar-refractivity contribution in [1.29, 1.82) is 0 Å². The number of rotatable bonds is 50. The normalized spacial score (nSPS) is 13.1. The van der Waals surface area contributed by atoms with Crippen molar-refractivity contribution in [2.75, 3.05) is 13.2 Å². The molecule has 0 aromatic heterocycles. The minimum atomic E-state index is -0.831. The van der Waals surface area contributed by atoms with Crippen molar-refractivity contribution in [2.24, 2.45) is 0 Å². The molecule has 0 heterocycles. The minimum Gasteiger partial charge on any atom is -0.462 e. The van der Waals surface area contributed by atoms with Gasteiger partial charge in [-0.2, -0.15) is 0 Å². The zero-order chi connectivity index (χ0) is 51.4. The Bertz CT molecular complexity index is 1550. The van der Waals surface area contributed by atoms with Gasteiger partial charge in [-0.1, -0.05) is 231 Å². The van der Waals surface area contributed by atoms with E-state index in [2.05, 4.69) is 142 Å². The first-order valence-corrected chi connectivity index (χ1v) is 28.7. The van der Waals surface area contributed by atoms with E-state index in [1.807, 2.05) is 12.2 Å². The molecule has 0 saturated carbocycles. The number of hydrogen-bond donors (Lipinski definition) is 0. The van der Waals surface area contributed by atoms with E-state index in [0.717, 1.165) is 103 Å². The molecule has 0 aliphatic rings. The van der Waals surface area contributed by atoms with Gasteiger partial charge < -0.3 is 14.2 Å². The van der Waals surface area contributed by atoms with Crippen LogP contribution in [0.15, 0.2) is 134 Å². The van der Waals surface area contributed by atoms with Crippen LogP contribution in [0.3, 0.4) is 0 Å². The molecule has 0 rings (SSSR count). The first kappa shape index (κ1) is 66.6. The van der Waals surface area contributed by atoms with Crippen molar-refractivity contribution in [3.05, 3.63) is 134 Å². The summed E-state index contributed by atoms with van der Waals surface area (Å²) in [4.78, 5) is 38.1. The van der Waals surface area contributed by atoms with Crippen LogP contribution < -0.4 is 0 Å². The lowest BCUT2D eigenvalue weighted by Crippen LogP contribution is -2.30. The van der Waals surface area contributed by atoms with Crippen molar-refractivity contribution in [3.63, 3.8) is 0 Å². The zero-order valence-electron chi connectivity index (χ0n) is 45.7. The van der Waals surface area contributed by atoms with Gasteiger partial charge in [-0.3, -0.25) is 14.4 Å². The predicted molar refractivity (Wildman–Crippen MR) is 306 cm³/mol. The fourth-order valence-corrected chi connectivity index (χ4v) is 7.39. The van der Waals surface area contributed by atoms with Crippen LogP contribution in [-0.2, 0) is 28.6 Å². The fourth-order valence-electron chi connectivity index (χ4n) is 7.39. The van der Waals surface area contributed by atoms with Crippen molar-refractivity contribution in [1.82, 2.24) is 0 Å². The maximum Gasteiger partial charge on any atom is 0.306 e. The lowest BCUT2D eigenvalue weighted by molar-refractivity contribution is -0.166. The van der Waals surface area contributed by atoms with Gasteiger partial charge in [-0.25, -0.2) is 0 Å². The van der Waals surface area contributed by atoms with E-state index < -0.39 is 6.10 Å². The molecule has 0 aliphatic heterocycles. The number of allylic oxidation sites excluding steroid dienone is 22. The predicted octanol–water partition coefficient (Wildman–Crippen LogP) is 19.4. The second kappa shape index (κ2) is 58.1. The Balaban J connectivity index is 4.50. The van der Waals surface area contributed by atoms with Gasteiger partial charge in [0.2, 0.25) is 0 Å². The van der Waals surface area contributed by atoms with Crippen LogP contribution in [0.5, 0.6) is 0 Å². The third-order valence-electron chi connectivity index (χ3n) is 11.6. The van der Waals surface area contributed by atoms with E-state index in [0.29, 0.717) is 19.3 Å². The van der Waals surface area contributed by atoms with E-state index in [1.165, 1.54) is 83.5 Å². The van der Waals surface area contributed by atoms with Gasteiger partial charge in [0, 0.05) is 19.3 Å². The highest BCUT2D eigenvalue weighted by atomic mass is 16.6. The Labute approximate surface area is 436 Å². The Hall–Kier alpha value is -4.45. The van der Waals surface area contributed by atoms with Crippen LogP contribution in [0.2, 0.25) is 0 Å². The molecule has 0 aliphatic carbocycles. The average molecular weight is 982 g/mol. The molecule has 6 nitrogen and oxygen atoms in total. The van der Waals surface area contributed by atoms with Crippen molar-refractivity contribution in [3.8, 4) is 0 Å². The molecule has 0 aromatic rings. The summed E-state index contributed by atoms with van der Waals surface area (Å²) < 4.78 is 16.8. The minimum absolute atomic E-state index is 0.120. The van der Waals surface area contributed by atoms with Gasteiger partial charge >= 0.3 is 17.9 Å². The average Bonchev–Trinajstić information content (AvgIpc) is 3.37. The van der Waals surface area contributed by atoms with Gasteiger partial charge in [0.05, 0.1) is 0 Å². The maximum atomic E-state index is 12.8. The molecule has 0 aromatic carbocycles. The van der Waals surface area contributed by atoms with Crippen LogP contribution in [-0.4, -0.2) is 37.2 Å². The molecule has 1 unspecified atom stereocenters. The first-order chi connectivity index (χ1) is 35.0. The number of hydrogen-bond acceptors (Lipinski definition) is 6. The molecular weight excluding hydrogens is 877 g/mol. The van der Waals surface area contributed by atoms with Gasteiger partial charge in [0.1, 0.15) is 13.2 Å². The summed E-state index contributed by atoms with van der Waals surface area (Å²) in [5.41, 5.74) is 0. The van der Waals surface area contributed by atoms with Gasteiger partial charge in [-0.15, -0.1) is 0 Å². The maximum absolute atomic E-state index is 12.8. The summed E-state index contributed by atoms with van der Waals surface area (Å²) in [5.74, 6) is -1.05. The Kier molecular flexibility index (Phi) is 54.5. The molecular formula is C65H104O6. The molecule has 0 saturated heterocycles. The number of ether oxygens (including phenoxy) is 3. The lowest BCUT2D eigenvalue weighted by Gasteiger charge is -2.18. The van der Waals surface area contributed by atoms with Gasteiger partial charge in [0.25, 0.3) is 0 Å². The quantitative estimate of drug-likeness (QED) is 0.0262. The van der Waals surface area contributed by atoms with E-state index in [-0.39, 0.29) is 44.0 Å². The largest absolute Gasteiger partial charge is 0.462 e. The highest BCUT2D eigenvalue weighted by Crippen LogP contribution is 2.14.